The van der Waals surface area contributed by atoms with Crippen LogP contribution >= 0.6 is 11.8 Å². The van der Waals surface area contributed by atoms with Gasteiger partial charge >= 0.3 is 0 Å². The van der Waals surface area contributed by atoms with E-state index >= 15 is 0 Å². The molecule has 1 heterocycles. The van der Waals surface area contributed by atoms with Crippen molar-refractivity contribution in [1.29, 1.82) is 0 Å². The molecule has 1 unspecified atom stereocenters. The maximum Gasteiger partial charge on any atom is 0.209 e. The van der Waals surface area contributed by atoms with Gasteiger partial charge in [0.15, 0.2) is 9.84 Å². The summed E-state index contributed by atoms with van der Waals surface area (Å²) in [7, 11) is -3.43. The molecule has 2 rings (SSSR count). The number of hydrogen-bond acceptors (Lipinski definition) is 7. The first kappa shape index (κ1) is 17.7. The third-order valence-corrected chi connectivity index (χ3v) is 6.52. The Morgan fingerprint density at radius 3 is 2.83 bits per heavy atom. The van der Waals surface area contributed by atoms with Crippen molar-refractivity contribution in [2.75, 3.05) is 5.75 Å². The van der Waals surface area contributed by atoms with E-state index in [0.29, 0.717) is 23.7 Å². The smallest absolute Gasteiger partial charge is 0.209 e. The van der Waals surface area contributed by atoms with Crippen molar-refractivity contribution in [2.24, 2.45) is 0 Å². The number of rotatable bonds is 7. The molecular formula is C14H20N4O3S2. The van der Waals surface area contributed by atoms with E-state index < -0.39 is 9.84 Å². The molecule has 0 amide bonds. The molecule has 1 aromatic carbocycles. The number of aromatic nitrogens is 4. The first-order chi connectivity index (χ1) is 10.8. The minimum atomic E-state index is -3.43. The normalized spacial score (nSPS) is 13.2. The standard InChI is InChI=1S/C14H20N4O3S2/c1-4-18-14(15-16-17-18)22-10(2)8-9-23(20,21)13-7-5-6-12(19)11(13)3/h5-7,10,19H,4,8-9H2,1-3H3. The molecule has 0 saturated heterocycles. The summed E-state index contributed by atoms with van der Waals surface area (Å²) in [6.45, 7) is 6.17. The van der Waals surface area contributed by atoms with Gasteiger partial charge in [-0.05, 0) is 42.8 Å². The zero-order chi connectivity index (χ0) is 17.0. The lowest BCUT2D eigenvalue weighted by atomic mass is 10.2. The molecule has 1 atom stereocenters. The molecule has 0 bridgehead atoms. The Morgan fingerprint density at radius 1 is 1.39 bits per heavy atom. The van der Waals surface area contributed by atoms with Crippen LogP contribution in [0.5, 0.6) is 5.75 Å². The van der Waals surface area contributed by atoms with E-state index in [9.17, 15) is 13.5 Å². The third kappa shape index (κ3) is 4.23. The molecule has 0 aliphatic heterocycles. The Bertz CT molecular complexity index is 774. The van der Waals surface area contributed by atoms with Gasteiger partial charge in [-0.3, -0.25) is 0 Å². The Labute approximate surface area is 140 Å². The van der Waals surface area contributed by atoms with Crippen molar-refractivity contribution < 1.29 is 13.5 Å². The van der Waals surface area contributed by atoms with Crippen molar-refractivity contribution in [3.8, 4) is 5.75 Å². The van der Waals surface area contributed by atoms with E-state index in [2.05, 4.69) is 15.5 Å². The minimum Gasteiger partial charge on any atom is -0.508 e. The molecule has 1 N–H and O–H groups in total. The second kappa shape index (κ2) is 7.31. The summed E-state index contributed by atoms with van der Waals surface area (Å²) in [4.78, 5) is 0.188. The van der Waals surface area contributed by atoms with Crippen LogP contribution in [0.25, 0.3) is 0 Å². The number of benzene rings is 1. The molecule has 7 nitrogen and oxygen atoms in total. The lowest BCUT2D eigenvalue weighted by Crippen LogP contribution is -2.13. The fourth-order valence-electron chi connectivity index (χ4n) is 2.09. The summed E-state index contributed by atoms with van der Waals surface area (Å²) in [6.07, 6.45) is 0.471. The topological polar surface area (TPSA) is 98.0 Å². The summed E-state index contributed by atoms with van der Waals surface area (Å²) in [5, 5.41) is 21.8. The van der Waals surface area contributed by atoms with Crippen LogP contribution in [-0.2, 0) is 16.4 Å². The van der Waals surface area contributed by atoms with E-state index in [1.165, 1.54) is 23.9 Å². The lowest BCUT2D eigenvalue weighted by molar-refractivity contribution is 0.468. The van der Waals surface area contributed by atoms with Gasteiger partial charge in [0.25, 0.3) is 0 Å². The zero-order valence-corrected chi connectivity index (χ0v) is 14.9. The molecule has 0 radical (unpaired) electrons. The number of aryl methyl sites for hydroxylation is 1. The second-order valence-electron chi connectivity index (χ2n) is 5.21. The Morgan fingerprint density at radius 2 is 2.13 bits per heavy atom. The van der Waals surface area contributed by atoms with Gasteiger partial charge in [0, 0.05) is 17.4 Å². The first-order valence-corrected chi connectivity index (χ1v) is 9.82. The largest absolute Gasteiger partial charge is 0.508 e. The molecule has 0 fully saturated rings. The summed E-state index contributed by atoms with van der Waals surface area (Å²) >= 11 is 1.46. The maximum absolute atomic E-state index is 12.5. The molecule has 126 valence electrons. The van der Waals surface area contributed by atoms with Gasteiger partial charge in [0.2, 0.25) is 5.16 Å². The minimum absolute atomic E-state index is 0.00406. The quantitative estimate of drug-likeness (QED) is 0.758. The van der Waals surface area contributed by atoms with Crippen LogP contribution in [0, 0.1) is 6.92 Å². The van der Waals surface area contributed by atoms with E-state index in [4.69, 9.17) is 0 Å². The Hall–Kier alpha value is -1.61. The van der Waals surface area contributed by atoms with Gasteiger partial charge in [-0.2, -0.15) is 0 Å². The summed E-state index contributed by atoms with van der Waals surface area (Å²) < 4.78 is 26.6. The van der Waals surface area contributed by atoms with E-state index in [0.717, 1.165) is 0 Å². The van der Waals surface area contributed by atoms with E-state index in [-0.39, 0.29) is 21.6 Å². The molecule has 23 heavy (non-hydrogen) atoms. The number of hydrogen-bond donors (Lipinski definition) is 1. The summed E-state index contributed by atoms with van der Waals surface area (Å²) in [5.74, 6) is 0.00899. The van der Waals surface area contributed by atoms with E-state index in [1.807, 2.05) is 13.8 Å². The highest BCUT2D eigenvalue weighted by molar-refractivity contribution is 7.99. The number of sulfone groups is 1. The van der Waals surface area contributed by atoms with Crippen LogP contribution in [0.3, 0.4) is 0 Å². The number of tetrazole rings is 1. The highest BCUT2D eigenvalue weighted by Gasteiger charge is 2.21. The molecular weight excluding hydrogens is 336 g/mol. The zero-order valence-electron chi connectivity index (χ0n) is 13.3. The average molecular weight is 356 g/mol. The van der Waals surface area contributed by atoms with Crippen molar-refractivity contribution in [3.05, 3.63) is 23.8 Å². The van der Waals surface area contributed by atoms with Gasteiger partial charge in [0.05, 0.1) is 10.6 Å². The van der Waals surface area contributed by atoms with E-state index in [1.54, 1.807) is 17.7 Å². The lowest BCUT2D eigenvalue weighted by Gasteiger charge is -2.12. The van der Waals surface area contributed by atoms with Crippen LogP contribution in [-0.4, -0.2) is 44.7 Å². The number of thioether (sulfide) groups is 1. The predicted molar refractivity (Wildman–Crippen MR) is 88.3 cm³/mol. The van der Waals surface area contributed by atoms with Gasteiger partial charge < -0.3 is 5.11 Å². The first-order valence-electron chi connectivity index (χ1n) is 7.29. The predicted octanol–water partition coefficient (Wildman–Crippen LogP) is 2.05. The van der Waals surface area contributed by atoms with Crippen molar-refractivity contribution in [2.45, 2.75) is 49.0 Å². The number of aromatic hydroxyl groups is 1. The second-order valence-corrected chi connectivity index (χ2v) is 8.70. The fraction of sp³-hybridized carbons (Fsp3) is 0.500. The van der Waals surface area contributed by atoms with Crippen LogP contribution in [0.4, 0.5) is 0 Å². The highest BCUT2D eigenvalue weighted by atomic mass is 32.2. The Kier molecular flexibility index (Phi) is 5.64. The fourth-order valence-corrected chi connectivity index (χ4v) is 4.95. The highest BCUT2D eigenvalue weighted by Crippen LogP contribution is 2.27. The number of phenolic OH excluding ortho intramolecular Hbond substituents is 1. The monoisotopic (exact) mass is 356 g/mol. The number of nitrogens with zero attached hydrogens (tertiary/aromatic N) is 4. The van der Waals surface area contributed by atoms with Crippen LogP contribution in [0.15, 0.2) is 28.3 Å². The average Bonchev–Trinajstić information content (AvgIpc) is 2.95. The van der Waals surface area contributed by atoms with Crippen molar-refractivity contribution >= 4 is 21.6 Å². The van der Waals surface area contributed by atoms with Gasteiger partial charge in [0.1, 0.15) is 5.75 Å². The summed E-state index contributed by atoms with van der Waals surface area (Å²) in [6, 6.07) is 4.56. The summed E-state index contributed by atoms with van der Waals surface area (Å²) in [5.41, 5.74) is 0.391. The van der Waals surface area contributed by atoms with Crippen molar-refractivity contribution in [3.63, 3.8) is 0 Å². The molecule has 9 heteroatoms. The van der Waals surface area contributed by atoms with Crippen molar-refractivity contribution in [1.82, 2.24) is 20.2 Å². The van der Waals surface area contributed by atoms with Crippen LogP contribution in [0.2, 0.25) is 0 Å². The molecule has 0 aliphatic carbocycles. The van der Waals surface area contributed by atoms with Gasteiger partial charge in [-0.25, -0.2) is 13.1 Å². The molecule has 0 aliphatic rings. The van der Waals surface area contributed by atoms with Crippen LogP contribution in [0.1, 0.15) is 25.8 Å². The molecule has 2 aromatic rings. The molecule has 0 spiro atoms. The van der Waals surface area contributed by atoms with Gasteiger partial charge in [-0.15, -0.1) is 5.10 Å². The Balaban J connectivity index is 2.03. The number of phenols is 1. The van der Waals surface area contributed by atoms with Crippen LogP contribution < -0.4 is 0 Å². The molecule has 0 saturated carbocycles. The molecule has 1 aromatic heterocycles. The SMILES string of the molecule is CCn1nnnc1SC(C)CCS(=O)(=O)c1cccc(O)c1C. The maximum atomic E-state index is 12.5. The third-order valence-electron chi connectivity index (χ3n) is 3.49. The van der Waals surface area contributed by atoms with Gasteiger partial charge in [-0.1, -0.05) is 24.8 Å².